The van der Waals surface area contributed by atoms with Gasteiger partial charge in [0.2, 0.25) is 5.91 Å². The second kappa shape index (κ2) is 5.55. The van der Waals surface area contributed by atoms with Gasteiger partial charge in [0.15, 0.2) is 0 Å². The lowest BCUT2D eigenvalue weighted by Crippen LogP contribution is -2.20. The number of carbonyl (C=O) groups excluding carboxylic acids is 1. The average Bonchev–Trinajstić information content (AvgIpc) is 2.27. The van der Waals surface area contributed by atoms with Crippen LogP contribution in [0.15, 0.2) is 18.2 Å². The first-order valence-electron chi connectivity index (χ1n) is 6.57. The Morgan fingerprint density at radius 1 is 1.33 bits per heavy atom. The molecule has 0 aliphatic rings. The van der Waals surface area contributed by atoms with Crippen molar-refractivity contribution in [3.63, 3.8) is 0 Å². The van der Waals surface area contributed by atoms with E-state index in [1.54, 1.807) is 7.05 Å². The Balaban J connectivity index is 3.04. The second-order valence-corrected chi connectivity index (χ2v) is 6.10. The minimum Gasteiger partial charge on any atom is -0.359 e. The van der Waals surface area contributed by atoms with E-state index in [1.807, 2.05) is 0 Å². The van der Waals surface area contributed by atoms with Gasteiger partial charge >= 0.3 is 0 Å². The Morgan fingerprint density at radius 2 is 1.94 bits per heavy atom. The predicted octanol–water partition coefficient (Wildman–Crippen LogP) is 3.53. The second-order valence-electron chi connectivity index (χ2n) is 6.10. The van der Waals surface area contributed by atoms with Gasteiger partial charge in [-0.3, -0.25) is 4.79 Å². The zero-order chi connectivity index (χ0) is 13.9. The fourth-order valence-electron chi connectivity index (χ4n) is 2.13. The quantitative estimate of drug-likeness (QED) is 0.869. The summed E-state index contributed by atoms with van der Waals surface area (Å²) in [5, 5.41) is 2.69. The van der Waals surface area contributed by atoms with Crippen molar-refractivity contribution in [3.05, 3.63) is 34.9 Å². The first kappa shape index (κ1) is 14.7. The smallest absolute Gasteiger partial charge is 0.220 e. The monoisotopic (exact) mass is 247 g/mol. The van der Waals surface area contributed by atoms with Crippen LogP contribution in [0.3, 0.4) is 0 Å². The van der Waals surface area contributed by atoms with Gasteiger partial charge in [-0.15, -0.1) is 0 Å². The van der Waals surface area contributed by atoms with Gasteiger partial charge in [0.1, 0.15) is 0 Å². The molecular formula is C16H25NO. The van der Waals surface area contributed by atoms with E-state index in [0.29, 0.717) is 6.42 Å². The summed E-state index contributed by atoms with van der Waals surface area (Å²) in [4.78, 5) is 11.5. The Kier molecular flexibility index (Phi) is 4.55. The van der Waals surface area contributed by atoms with E-state index in [2.05, 4.69) is 58.1 Å². The Labute approximate surface area is 111 Å². The van der Waals surface area contributed by atoms with Crippen LogP contribution in [-0.4, -0.2) is 13.0 Å². The van der Waals surface area contributed by atoms with Gasteiger partial charge < -0.3 is 5.32 Å². The Bertz CT molecular complexity index is 429. The number of carbonyl (C=O) groups is 1. The summed E-state index contributed by atoms with van der Waals surface area (Å²) in [5.41, 5.74) is 4.02. The van der Waals surface area contributed by atoms with Crippen LogP contribution < -0.4 is 5.32 Å². The summed E-state index contributed by atoms with van der Waals surface area (Å²) in [6.45, 7) is 10.9. The summed E-state index contributed by atoms with van der Waals surface area (Å²) in [7, 11) is 1.69. The molecule has 0 aliphatic heterocycles. The molecule has 1 unspecified atom stereocenters. The van der Waals surface area contributed by atoms with E-state index in [4.69, 9.17) is 0 Å². The van der Waals surface area contributed by atoms with Crippen molar-refractivity contribution >= 4 is 5.91 Å². The van der Waals surface area contributed by atoms with E-state index in [1.165, 1.54) is 16.7 Å². The largest absolute Gasteiger partial charge is 0.359 e. The highest BCUT2D eigenvalue weighted by Crippen LogP contribution is 2.29. The van der Waals surface area contributed by atoms with Crippen LogP contribution in [0, 0.1) is 6.92 Å². The van der Waals surface area contributed by atoms with E-state index in [9.17, 15) is 4.79 Å². The molecule has 1 N–H and O–H groups in total. The zero-order valence-corrected chi connectivity index (χ0v) is 12.4. The zero-order valence-electron chi connectivity index (χ0n) is 12.4. The van der Waals surface area contributed by atoms with Gasteiger partial charge in [-0.25, -0.2) is 0 Å². The number of aryl methyl sites for hydroxylation is 1. The predicted molar refractivity (Wildman–Crippen MR) is 77.0 cm³/mol. The topological polar surface area (TPSA) is 29.1 Å². The summed E-state index contributed by atoms with van der Waals surface area (Å²) in [6, 6.07) is 6.60. The summed E-state index contributed by atoms with van der Waals surface area (Å²) in [5.74, 6) is 0.357. The average molecular weight is 247 g/mol. The maximum absolute atomic E-state index is 11.5. The normalized spacial score (nSPS) is 13.2. The highest BCUT2D eigenvalue weighted by Gasteiger charge is 2.18. The van der Waals surface area contributed by atoms with E-state index in [-0.39, 0.29) is 17.2 Å². The van der Waals surface area contributed by atoms with Crippen LogP contribution in [0.1, 0.15) is 56.7 Å². The summed E-state index contributed by atoms with van der Waals surface area (Å²) < 4.78 is 0. The fourth-order valence-corrected chi connectivity index (χ4v) is 2.13. The number of nitrogens with one attached hydrogen (secondary N) is 1. The fraction of sp³-hybridized carbons (Fsp3) is 0.562. The highest BCUT2D eigenvalue weighted by atomic mass is 16.1. The molecule has 2 nitrogen and oxygen atoms in total. The molecule has 0 saturated heterocycles. The Hall–Kier alpha value is -1.31. The number of hydrogen-bond acceptors (Lipinski definition) is 1. The standard InChI is InChI=1S/C16H25NO/c1-11-7-8-13(16(3,4)5)10-14(11)12(2)9-15(18)17-6/h7-8,10,12H,9H2,1-6H3,(H,17,18). The first-order chi connectivity index (χ1) is 8.25. The molecule has 1 atom stereocenters. The lowest BCUT2D eigenvalue weighted by atomic mass is 9.83. The van der Waals surface area contributed by atoms with Crippen molar-refractivity contribution in [2.45, 2.75) is 52.4 Å². The number of hydrogen-bond donors (Lipinski definition) is 1. The molecule has 1 aromatic carbocycles. The van der Waals surface area contributed by atoms with Crippen LogP contribution in [0.4, 0.5) is 0 Å². The molecule has 0 spiro atoms. The molecule has 1 aromatic rings. The van der Waals surface area contributed by atoms with Gasteiger partial charge in [0.25, 0.3) is 0 Å². The van der Waals surface area contributed by atoms with E-state index < -0.39 is 0 Å². The molecule has 0 radical (unpaired) electrons. The van der Waals surface area contributed by atoms with Crippen molar-refractivity contribution < 1.29 is 4.79 Å². The van der Waals surface area contributed by atoms with Crippen LogP contribution in [-0.2, 0) is 10.2 Å². The van der Waals surface area contributed by atoms with Crippen molar-refractivity contribution in [1.82, 2.24) is 5.32 Å². The molecule has 1 rings (SSSR count). The molecule has 100 valence electrons. The maximum Gasteiger partial charge on any atom is 0.220 e. The number of benzene rings is 1. The van der Waals surface area contributed by atoms with Crippen LogP contribution in [0.5, 0.6) is 0 Å². The van der Waals surface area contributed by atoms with Crippen molar-refractivity contribution in [2.24, 2.45) is 0 Å². The molecule has 18 heavy (non-hydrogen) atoms. The molecule has 0 aliphatic carbocycles. The van der Waals surface area contributed by atoms with Gasteiger partial charge in [0.05, 0.1) is 0 Å². The summed E-state index contributed by atoms with van der Waals surface area (Å²) in [6.07, 6.45) is 0.547. The summed E-state index contributed by atoms with van der Waals surface area (Å²) >= 11 is 0. The van der Waals surface area contributed by atoms with E-state index >= 15 is 0 Å². The van der Waals surface area contributed by atoms with Crippen molar-refractivity contribution in [3.8, 4) is 0 Å². The van der Waals surface area contributed by atoms with Gasteiger partial charge in [-0.1, -0.05) is 45.9 Å². The first-order valence-corrected chi connectivity index (χ1v) is 6.57. The molecule has 1 amide bonds. The maximum atomic E-state index is 11.5. The molecule has 0 fully saturated rings. The van der Waals surface area contributed by atoms with E-state index in [0.717, 1.165) is 0 Å². The molecule has 0 aromatic heterocycles. The molecule has 0 heterocycles. The SMILES string of the molecule is CNC(=O)CC(C)c1cc(C(C)(C)C)ccc1C. The molecule has 2 heteroatoms. The minimum atomic E-state index is 0.100. The van der Waals surface area contributed by atoms with Crippen LogP contribution >= 0.6 is 0 Å². The third kappa shape index (κ3) is 3.59. The molecular weight excluding hydrogens is 222 g/mol. The number of rotatable bonds is 3. The van der Waals surface area contributed by atoms with Gasteiger partial charge in [-0.2, -0.15) is 0 Å². The van der Waals surface area contributed by atoms with Crippen LogP contribution in [0.25, 0.3) is 0 Å². The molecule has 0 saturated carbocycles. The lowest BCUT2D eigenvalue weighted by Gasteiger charge is -2.22. The highest BCUT2D eigenvalue weighted by molar-refractivity contribution is 5.76. The van der Waals surface area contributed by atoms with Gasteiger partial charge in [-0.05, 0) is 34.9 Å². The molecule has 0 bridgehead atoms. The Morgan fingerprint density at radius 3 is 2.44 bits per heavy atom. The van der Waals surface area contributed by atoms with Crippen molar-refractivity contribution in [2.75, 3.05) is 7.05 Å². The third-order valence-electron chi connectivity index (χ3n) is 3.45. The van der Waals surface area contributed by atoms with Crippen molar-refractivity contribution in [1.29, 1.82) is 0 Å². The minimum absolute atomic E-state index is 0.100. The lowest BCUT2D eigenvalue weighted by molar-refractivity contribution is -0.120. The number of amides is 1. The van der Waals surface area contributed by atoms with Gasteiger partial charge in [0, 0.05) is 13.5 Å². The third-order valence-corrected chi connectivity index (χ3v) is 3.45. The van der Waals surface area contributed by atoms with Crippen LogP contribution in [0.2, 0.25) is 0 Å².